The van der Waals surface area contributed by atoms with Gasteiger partial charge in [-0.15, -0.1) is 6.58 Å². The second-order valence-corrected chi connectivity index (χ2v) is 12.8. The van der Waals surface area contributed by atoms with Crippen LogP contribution in [-0.4, -0.2) is 112 Å². The van der Waals surface area contributed by atoms with E-state index in [1.165, 1.54) is 6.92 Å². The minimum atomic E-state index is -4.21. The number of ether oxygens (including phenoxy) is 9. The van der Waals surface area contributed by atoms with Crippen molar-refractivity contribution in [3.8, 4) is 0 Å². The topological polar surface area (TPSA) is 170 Å². The molecule has 3 heterocycles. The molecule has 3 aliphatic heterocycles. The molecule has 0 aliphatic carbocycles. The van der Waals surface area contributed by atoms with Gasteiger partial charge in [0.15, 0.2) is 36.2 Å². The number of rotatable bonds is 12. The number of esters is 3. The summed E-state index contributed by atoms with van der Waals surface area (Å²) in [5, 5.41) is 0. The van der Waals surface area contributed by atoms with Crippen LogP contribution >= 0.6 is 7.60 Å². The highest BCUT2D eigenvalue weighted by atomic mass is 31.2. The molecule has 0 bridgehead atoms. The molecule has 0 aromatic rings. The third-order valence-electron chi connectivity index (χ3n) is 6.78. The predicted octanol–water partition coefficient (Wildman–Crippen LogP) is 1.85. The van der Waals surface area contributed by atoms with Crippen LogP contribution in [0.2, 0.25) is 0 Å². The first kappa shape index (κ1) is 34.5. The molecule has 42 heavy (non-hydrogen) atoms. The van der Waals surface area contributed by atoms with Gasteiger partial charge in [-0.3, -0.25) is 18.9 Å². The molecule has 10 atom stereocenters. The fourth-order valence-electron chi connectivity index (χ4n) is 5.20. The molecule has 0 saturated carbocycles. The van der Waals surface area contributed by atoms with Crippen molar-refractivity contribution in [1.29, 1.82) is 0 Å². The second kappa shape index (κ2) is 14.2. The van der Waals surface area contributed by atoms with Crippen LogP contribution in [0.25, 0.3) is 0 Å². The average molecular weight is 625 g/mol. The molecule has 0 aromatic carbocycles. The summed E-state index contributed by atoms with van der Waals surface area (Å²) in [5.41, 5.74) is -1.48. The van der Waals surface area contributed by atoms with Crippen LogP contribution in [0.4, 0.5) is 0 Å². The van der Waals surface area contributed by atoms with E-state index in [1.807, 2.05) is 0 Å². The van der Waals surface area contributed by atoms with E-state index < -0.39 is 98.9 Å². The van der Waals surface area contributed by atoms with Gasteiger partial charge in [0, 0.05) is 35.0 Å². The van der Waals surface area contributed by atoms with Gasteiger partial charge in [0.1, 0.15) is 31.0 Å². The maximum absolute atomic E-state index is 14.0. The van der Waals surface area contributed by atoms with Gasteiger partial charge in [0.25, 0.3) is 0 Å². The molecule has 16 heteroatoms. The Morgan fingerprint density at radius 3 is 2.02 bits per heavy atom. The Bertz CT molecular complexity index is 1030. The highest BCUT2D eigenvalue weighted by Gasteiger charge is 2.62. The van der Waals surface area contributed by atoms with Gasteiger partial charge in [0.05, 0.1) is 12.7 Å². The van der Waals surface area contributed by atoms with E-state index in [9.17, 15) is 18.9 Å². The quantitative estimate of drug-likeness (QED) is 0.133. The van der Waals surface area contributed by atoms with Crippen molar-refractivity contribution in [3.63, 3.8) is 0 Å². The lowest BCUT2D eigenvalue weighted by atomic mass is 9.98. The van der Waals surface area contributed by atoms with Gasteiger partial charge in [-0.25, -0.2) is 0 Å². The van der Waals surface area contributed by atoms with Gasteiger partial charge < -0.3 is 51.7 Å². The van der Waals surface area contributed by atoms with Crippen molar-refractivity contribution in [2.45, 2.75) is 108 Å². The van der Waals surface area contributed by atoms with Crippen LogP contribution in [0.5, 0.6) is 0 Å². The van der Waals surface area contributed by atoms with Crippen LogP contribution in [0.15, 0.2) is 12.7 Å². The number of carbonyl (C=O) groups excluding carboxylic acids is 3. The fraction of sp³-hybridized carbons (Fsp3) is 0.808. The summed E-state index contributed by atoms with van der Waals surface area (Å²) in [4.78, 5) is 36.1. The molecule has 3 saturated heterocycles. The molecule has 0 unspecified atom stereocenters. The van der Waals surface area contributed by atoms with Crippen molar-refractivity contribution >= 4 is 25.5 Å². The second-order valence-electron chi connectivity index (χ2n) is 10.4. The van der Waals surface area contributed by atoms with Gasteiger partial charge >= 0.3 is 25.5 Å². The lowest BCUT2D eigenvalue weighted by molar-refractivity contribution is -0.322. The first-order chi connectivity index (χ1) is 19.7. The summed E-state index contributed by atoms with van der Waals surface area (Å²) in [6, 6.07) is 0. The Kier molecular flexibility index (Phi) is 11.7. The molecular weight excluding hydrogens is 583 g/mol. The third kappa shape index (κ3) is 7.96. The minimum Gasteiger partial charge on any atom is -0.463 e. The van der Waals surface area contributed by atoms with Crippen molar-refractivity contribution in [2.75, 3.05) is 27.4 Å². The summed E-state index contributed by atoms with van der Waals surface area (Å²) >= 11 is 0. The van der Waals surface area contributed by atoms with Crippen LogP contribution < -0.4 is 0 Å². The molecule has 0 amide bonds. The molecule has 0 N–H and O–H groups in total. The predicted molar refractivity (Wildman–Crippen MR) is 141 cm³/mol. The van der Waals surface area contributed by atoms with Gasteiger partial charge in [-0.1, -0.05) is 6.08 Å². The number of hydrogen-bond acceptors (Lipinski definition) is 15. The molecule has 3 aliphatic rings. The highest BCUT2D eigenvalue weighted by molar-refractivity contribution is 7.54. The summed E-state index contributed by atoms with van der Waals surface area (Å²) in [5.74, 6) is -3.25. The van der Waals surface area contributed by atoms with Crippen LogP contribution in [0.3, 0.4) is 0 Å². The van der Waals surface area contributed by atoms with E-state index in [0.29, 0.717) is 0 Å². The van der Waals surface area contributed by atoms with Gasteiger partial charge in [-0.05, 0) is 20.8 Å². The fourth-order valence-corrected chi connectivity index (χ4v) is 6.87. The molecule has 15 nitrogen and oxygen atoms in total. The molecule has 3 rings (SSSR count). The Balaban J connectivity index is 2.06. The standard InChI is InChI=1S/C26H41O15P/c1-10-11-33-24-22-20(40-26(6,7)41-22)18(13(2)35-24)39-25-23(42(30,31-8)32-9)21(37-16(5)29)19(36-15(4)28)17(38-25)12-34-14(3)27/h10,13,17-25H,1,11-12H2,2-9H3/t13-,17+,18-,19+,20+,21-,22+,23+,24+,25-/m0/s1. The molecule has 0 radical (unpaired) electrons. The maximum atomic E-state index is 14.0. The van der Waals surface area contributed by atoms with Gasteiger partial charge in [0.2, 0.25) is 0 Å². The van der Waals surface area contributed by atoms with Crippen LogP contribution in [-0.2, 0) is 70.6 Å². The van der Waals surface area contributed by atoms with E-state index in [4.69, 9.17) is 51.7 Å². The first-order valence-corrected chi connectivity index (χ1v) is 15.0. The average Bonchev–Trinajstić information content (AvgIpc) is 3.23. The molecule has 3 fully saturated rings. The third-order valence-corrected chi connectivity index (χ3v) is 9.07. The first-order valence-electron chi connectivity index (χ1n) is 13.4. The zero-order valence-electron chi connectivity index (χ0n) is 25.0. The molecule has 0 spiro atoms. The normalized spacial score (nSPS) is 36.0. The Morgan fingerprint density at radius 2 is 1.48 bits per heavy atom. The zero-order chi connectivity index (χ0) is 31.4. The van der Waals surface area contributed by atoms with Crippen molar-refractivity contribution in [1.82, 2.24) is 0 Å². The number of carbonyl (C=O) groups is 3. The van der Waals surface area contributed by atoms with E-state index in [0.717, 1.165) is 28.1 Å². The van der Waals surface area contributed by atoms with E-state index in [-0.39, 0.29) is 6.61 Å². The number of hydrogen-bond donors (Lipinski definition) is 0. The Morgan fingerprint density at radius 1 is 0.881 bits per heavy atom. The molecule has 240 valence electrons. The number of fused-ring (bicyclic) bond motifs is 1. The maximum Gasteiger partial charge on any atom is 0.342 e. The largest absolute Gasteiger partial charge is 0.463 e. The minimum absolute atomic E-state index is 0.189. The van der Waals surface area contributed by atoms with Crippen LogP contribution in [0, 0.1) is 0 Å². The van der Waals surface area contributed by atoms with Crippen molar-refractivity contribution < 1.29 is 70.6 Å². The SMILES string of the molecule is C=CCO[C@@H]1O[C@@H](C)[C@H](O[C@@H]2O[C@H](COC(C)=O)[C@@H](OC(C)=O)[C@H](OC(C)=O)[C@H]2P(=O)(OC)OC)[C@H]2OC(C)(C)O[C@@H]12. The molecular formula is C26H41O15P. The summed E-state index contributed by atoms with van der Waals surface area (Å²) in [6.45, 7) is 12.0. The molecule has 0 aromatic heterocycles. The van der Waals surface area contributed by atoms with E-state index in [2.05, 4.69) is 6.58 Å². The lowest BCUT2D eigenvalue weighted by Gasteiger charge is -2.48. The zero-order valence-corrected chi connectivity index (χ0v) is 25.9. The lowest BCUT2D eigenvalue weighted by Crippen LogP contribution is -2.64. The van der Waals surface area contributed by atoms with Crippen molar-refractivity contribution in [3.05, 3.63) is 12.7 Å². The van der Waals surface area contributed by atoms with Crippen LogP contribution in [0.1, 0.15) is 41.5 Å². The van der Waals surface area contributed by atoms with Crippen molar-refractivity contribution in [2.24, 2.45) is 0 Å². The van der Waals surface area contributed by atoms with E-state index >= 15 is 0 Å². The Labute approximate surface area is 244 Å². The highest BCUT2D eigenvalue weighted by Crippen LogP contribution is 2.58. The summed E-state index contributed by atoms with van der Waals surface area (Å²) in [7, 11) is -1.94. The Hall–Kier alpha value is -1.94. The summed E-state index contributed by atoms with van der Waals surface area (Å²) < 4.78 is 77.5. The van der Waals surface area contributed by atoms with Gasteiger partial charge in [-0.2, -0.15) is 0 Å². The monoisotopic (exact) mass is 624 g/mol. The summed E-state index contributed by atoms with van der Waals surface area (Å²) in [6.07, 6.45) is -7.98. The smallest absolute Gasteiger partial charge is 0.342 e. The van der Waals surface area contributed by atoms with E-state index in [1.54, 1.807) is 26.8 Å².